The van der Waals surface area contributed by atoms with Gasteiger partial charge in [0.2, 0.25) is 0 Å². The number of aliphatic hydroxyl groups is 1. The molecule has 0 radical (unpaired) electrons. The maximum absolute atomic E-state index is 13.6. The Morgan fingerprint density at radius 2 is 1.88 bits per heavy atom. The van der Waals surface area contributed by atoms with Gasteiger partial charge in [-0.3, -0.25) is 4.72 Å². The lowest BCUT2D eigenvalue weighted by atomic mass is 9.80. The Kier molecular flexibility index (Phi) is 7.39. The van der Waals surface area contributed by atoms with Gasteiger partial charge >= 0.3 is 12.1 Å². The predicted molar refractivity (Wildman–Crippen MR) is 152 cm³/mol. The maximum Gasteiger partial charge on any atom is 0.417 e. The van der Waals surface area contributed by atoms with E-state index >= 15 is 0 Å². The first-order valence-corrected chi connectivity index (χ1v) is 14.8. The molecule has 2 unspecified atom stereocenters. The number of carbonyl (C=O) groups excluding carboxylic acids is 1. The molecule has 224 valence electrons. The van der Waals surface area contributed by atoms with Gasteiger partial charge < -0.3 is 9.84 Å². The largest absolute Gasteiger partial charge is 0.512 e. The van der Waals surface area contributed by atoms with Gasteiger partial charge in [0.1, 0.15) is 11.4 Å². The van der Waals surface area contributed by atoms with Crippen LogP contribution in [0.25, 0.3) is 0 Å². The fourth-order valence-corrected chi connectivity index (χ4v) is 6.08. The molecule has 0 saturated heterocycles. The fraction of sp³-hybridized carbons (Fsp3) is 0.355. The van der Waals surface area contributed by atoms with Crippen LogP contribution in [0.15, 0.2) is 89.2 Å². The van der Waals surface area contributed by atoms with Gasteiger partial charge in [0.25, 0.3) is 10.0 Å². The second-order valence-electron chi connectivity index (χ2n) is 10.0. The zero-order valence-electron chi connectivity index (χ0n) is 27.9. The first-order chi connectivity index (χ1) is 21.9. The van der Waals surface area contributed by atoms with Gasteiger partial charge in [0, 0.05) is 24.2 Å². The molecule has 2 atom stereocenters. The number of nitrogens with one attached hydrogen (secondary N) is 1. The number of aromatic nitrogens is 1. The van der Waals surface area contributed by atoms with E-state index in [1.54, 1.807) is 13.0 Å². The van der Waals surface area contributed by atoms with E-state index < -0.39 is 62.4 Å². The van der Waals surface area contributed by atoms with E-state index in [-0.39, 0.29) is 53.9 Å². The average Bonchev–Trinajstić information content (AvgIpc) is 3.00. The number of sulfonamides is 1. The van der Waals surface area contributed by atoms with E-state index in [0.717, 1.165) is 6.07 Å². The van der Waals surface area contributed by atoms with Crippen molar-refractivity contribution in [3.8, 4) is 0 Å². The number of alkyl halides is 3. The first-order valence-electron chi connectivity index (χ1n) is 15.8. The van der Waals surface area contributed by atoms with Crippen LogP contribution in [-0.4, -0.2) is 30.1 Å². The Labute approximate surface area is 250 Å². The number of pyridine rings is 1. The summed E-state index contributed by atoms with van der Waals surface area (Å²) in [6.45, 7) is 3.62. The van der Waals surface area contributed by atoms with Crippen LogP contribution in [-0.2, 0) is 32.2 Å². The Hall–Kier alpha value is -3.86. The Bertz CT molecular complexity index is 1790. The van der Waals surface area contributed by atoms with E-state index in [1.165, 1.54) is 18.2 Å². The summed E-state index contributed by atoms with van der Waals surface area (Å²) >= 11 is 0. The zero-order valence-corrected chi connectivity index (χ0v) is 23.7. The third-order valence-electron chi connectivity index (χ3n) is 7.05. The molecule has 1 aliphatic rings. The minimum absolute atomic E-state index is 0.00121. The molecular weight excluding hydrogens is 569 g/mol. The lowest BCUT2D eigenvalue weighted by Crippen LogP contribution is -2.41. The van der Waals surface area contributed by atoms with Crippen molar-refractivity contribution in [3.63, 3.8) is 0 Å². The lowest BCUT2D eigenvalue weighted by Gasteiger charge is -2.38. The molecule has 0 bridgehead atoms. The highest BCUT2D eigenvalue weighted by Gasteiger charge is 2.43. The number of nitrogens with zero attached hydrogens (tertiary/aromatic N) is 1. The van der Waals surface area contributed by atoms with Crippen LogP contribution in [0.2, 0.25) is 0 Å². The van der Waals surface area contributed by atoms with Crippen LogP contribution in [0.4, 0.5) is 18.9 Å². The molecule has 0 aliphatic carbocycles. The number of ether oxygens (including phenoxy) is 1. The highest BCUT2D eigenvalue weighted by molar-refractivity contribution is 7.92. The minimum Gasteiger partial charge on any atom is -0.512 e. The number of anilines is 1. The first kappa shape index (κ1) is 24.7. The van der Waals surface area contributed by atoms with Crippen molar-refractivity contribution in [2.75, 3.05) is 4.72 Å². The monoisotopic (exact) mass is 607 g/mol. The molecule has 2 N–H and O–H groups in total. The zero-order chi connectivity index (χ0) is 34.9. The number of hydrogen-bond donors (Lipinski definition) is 2. The number of esters is 1. The Morgan fingerprint density at radius 3 is 2.48 bits per heavy atom. The van der Waals surface area contributed by atoms with Crippen LogP contribution in [0, 0.1) is 0 Å². The molecule has 0 amide bonds. The molecule has 2 heterocycles. The SMILES string of the molecule is [2H]c1c([2H])c([2H])c(CCC2(CCC)CC(O)=C(C(CC)c3cccc(NS(=O)(=O)c4ccc(C(F)(F)F)cn4)c3)C(=O)O2)c([2H])c1[2H]. The van der Waals surface area contributed by atoms with Crippen LogP contribution in [0.3, 0.4) is 0 Å². The van der Waals surface area contributed by atoms with Crippen LogP contribution >= 0.6 is 0 Å². The van der Waals surface area contributed by atoms with Gasteiger partial charge in [0.15, 0.2) is 5.03 Å². The molecule has 3 aromatic rings. The van der Waals surface area contributed by atoms with E-state index in [1.807, 2.05) is 6.92 Å². The maximum atomic E-state index is 13.6. The second kappa shape index (κ2) is 12.6. The molecule has 1 aromatic heterocycles. The van der Waals surface area contributed by atoms with Gasteiger partial charge in [-0.15, -0.1) is 0 Å². The van der Waals surface area contributed by atoms with Crippen molar-refractivity contribution < 1.29 is 43.1 Å². The molecule has 4 rings (SSSR count). The lowest BCUT2D eigenvalue weighted by molar-refractivity contribution is -0.161. The normalized spacial score (nSPS) is 20.1. The smallest absolute Gasteiger partial charge is 0.417 e. The second-order valence-corrected chi connectivity index (χ2v) is 11.7. The van der Waals surface area contributed by atoms with Gasteiger partial charge in [-0.05, 0) is 61.1 Å². The third kappa shape index (κ3) is 7.13. The number of benzene rings is 2. The highest BCUT2D eigenvalue weighted by atomic mass is 32.2. The number of aliphatic hydroxyl groups excluding tert-OH is 1. The Balaban J connectivity index is 1.60. The van der Waals surface area contributed by atoms with Gasteiger partial charge in [-0.2, -0.15) is 21.6 Å². The summed E-state index contributed by atoms with van der Waals surface area (Å²) in [6.07, 6.45) is -3.07. The fourth-order valence-electron chi connectivity index (χ4n) is 5.10. The average molecular weight is 608 g/mol. The van der Waals surface area contributed by atoms with Crippen molar-refractivity contribution in [2.24, 2.45) is 0 Å². The summed E-state index contributed by atoms with van der Waals surface area (Å²) in [7, 11) is -4.38. The number of hydrogen-bond acceptors (Lipinski definition) is 6. The predicted octanol–water partition coefficient (Wildman–Crippen LogP) is 7.33. The molecule has 7 nitrogen and oxygen atoms in total. The van der Waals surface area contributed by atoms with Crippen molar-refractivity contribution in [2.45, 2.75) is 75.1 Å². The van der Waals surface area contributed by atoms with E-state index in [9.17, 15) is 31.5 Å². The van der Waals surface area contributed by atoms with E-state index in [2.05, 4.69) is 9.71 Å². The van der Waals surface area contributed by atoms with Crippen molar-refractivity contribution in [3.05, 3.63) is 101 Å². The molecule has 11 heteroatoms. The van der Waals surface area contributed by atoms with E-state index in [0.29, 0.717) is 37.1 Å². The molecule has 0 fully saturated rings. The topological polar surface area (TPSA) is 106 Å². The van der Waals surface area contributed by atoms with E-state index in [4.69, 9.17) is 11.6 Å². The van der Waals surface area contributed by atoms with Crippen LogP contribution in [0.1, 0.15) is 75.4 Å². The van der Waals surface area contributed by atoms with Gasteiger partial charge in [-0.1, -0.05) is 62.6 Å². The molecule has 2 aromatic carbocycles. The summed E-state index contributed by atoms with van der Waals surface area (Å²) in [6, 6.07) is 5.20. The van der Waals surface area contributed by atoms with Crippen molar-refractivity contribution in [1.29, 1.82) is 0 Å². The minimum atomic E-state index is -4.69. The summed E-state index contributed by atoms with van der Waals surface area (Å²) in [5.41, 5.74) is -1.75. The molecule has 0 spiro atoms. The number of halogens is 3. The Morgan fingerprint density at radius 1 is 1.14 bits per heavy atom. The summed E-state index contributed by atoms with van der Waals surface area (Å²) in [5, 5.41) is 10.7. The number of carbonyl (C=O) groups is 1. The summed E-state index contributed by atoms with van der Waals surface area (Å²) in [5.74, 6) is -1.76. The van der Waals surface area contributed by atoms with Crippen LogP contribution < -0.4 is 4.72 Å². The van der Waals surface area contributed by atoms with Crippen molar-refractivity contribution >= 4 is 21.7 Å². The molecule has 42 heavy (non-hydrogen) atoms. The number of cyclic esters (lactones) is 1. The summed E-state index contributed by atoms with van der Waals surface area (Å²) in [4.78, 5) is 17.0. The summed E-state index contributed by atoms with van der Waals surface area (Å²) < 4.78 is 113. The quantitative estimate of drug-likeness (QED) is 0.221. The van der Waals surface area contributed by atoms with Crippen LogP contribution in [0.5, 0.6) is 0 Å². The van der Waals surface area contributed by atoms with Gasteiger partial charge in [0.05, 0.1) is 18.0 Å². The third-order valence-corrected chi connectivity index (χ3v) is 8.35. The molecule has 1 aliphatic heterocycles. The molecule has 0 saturated carbocycles. The number of rotatable bonds is 11. The highest BCUT2D eigenvalue weighted by Crippen LogP contribution is 2.42. The van der Waals surface area contributed by atoms with Crippen molar-refractivity contribution in [1.82, 2.24) is 4.98 Å². The van der Waals surface area contributed by atoms with Gasteiger partial charge in [-0.25, -0.2) is 9.78 Å². The molecular formula is C31H33F3N2O5S. The standard InChI is InChI=1S/C31H33F3N2O5S/c1-3-16-30(17-15-21-9-6-5-7-10-21)19-26(37)28(29(38)41-30)25(4-2)22-11-8-12-24(18-22)36-42(39,40)27-14-13-23(20-35-27)31(32,33)34/h5-14,18,20,25,36-37H,3-4,15-17,19H2,1-2H3/i5D,6D,7D,9D,10D.